The Morgan fingerprint density at radius 3 is 2.43 bits per heavy atom. The summed E-state index contributed by atoms with van der Waals surface area (Å²) in [5, 5.41) is 0. The van der Waals surface area contributed by atoms with Crippen LogP contribution in [0.2, 0.25) is 0 Å². The van der Waals surface area contributed by atoms with Crippen molar-refractivity contribution in [3.63, 3.8) is 0 Å². The van der Waals surface area contributed by atoms with Crippen molar-refractivity contribution in [2.24, 2.45) is 0 Å². The number of ether oxygens (including phenoxy) is 1. The van der Waals surface area contributed by atoms with Crippen LogP contribution in [-0.4, -0.2) is 36.4 Å². The Balaban J connectivity index is 2.22. The Labute approximate surface area is 135 Å². The fourth-order valence-corrected chi connectivity index (χ4v) is 5.29. The fourth-order valence-electron chi connectivity index (χ4n) is 3.29. The largest absolute Gasteiger partial charge is 0.369 e. The van der Waals surface area contributed by atoms with Crippen LogP contribution in [0.4, 0.5) is 0 Å². The third-order valence-corrected chi connectivity index (χ3v) is 6.77. The minimum Gasteiger partial charge on any atom is -0.369 e. The SMILES string of the molecule is CC1(C)CC(=O)[C@@]2(S(=O)(=O)c3ccccc3)C=CC(=O)C[C@H]2O1. The summed E-state index contributed by atoms with van der Waals surface area (Å²) < 4.78 is 30.5. The predicted octanol–water partition coefficient (Wildman–Crippen LogP) is 1.86. The van der Waals surface area contributed by atoms with Crippen LogP contribution in [0.25, 0.3) is 0 Å². The Bertz CT molecular complexity index is 792. The maximum Gasteiger partial charge on any atom is 0.197 e. The lowest BCUT2D eigenvalue weighted by Crippen LogP contribution is -2.63. The van der Waals surface area contributed by atoms with Gasteiger partial charge in [0.25, 0.3) is 0 Å². The Morgan fingerprint density at radius 2 is 1.78 bits per heavy atom. The molecule has 0 saturated carbocycles. The first-order chi connectivity index (χ1) is 10.7. The number of fused-ring (bicyclic) bond motifs is 1. The second kappa shape index (κ2) is 5.11. The molecule has 1 heterocycles. The molecule has 1 fully saturated rings. The van der Waals surface area contributed by atoms with E-state index in [1.165, 1.54) is 24.3 Å². The fraction of sp³-hybridized carbons (Fsp3) is 0.412. The van der Waals surface area contributed by atoms with E-state index in [2.05, 4.69) is 0 Å². The van der Waals surface area contributed by atoms with E-state index in [0.29, 0.717) is 0 Å². The summed E-state index contributed by atoms with van der Waals surface area (Å²) in [7, 11) is -4.02. The molecular weight excluding hydrogens is 316 g/mol. The molecule has 0 radical (unpaired) electrons. The Morgan fingerprint density at radius 1 is 1.13 bits per heavy atom. The van der Waals surface area contributed by atoms with Crippen molar-refractivity contribution in [1.82, 2.24) is 0 Å². The quantitative estimate of drug-likeness (QED) is 0.825. The minimum absolute atomic E-state index is 0.0197. The number of rotatable bonds is 2. The van der Waals surface area contributed by atoms with E-state index < -0.39 is 32.1 Å². The molecule has 6 heteroatoms. The monoisotopic (exact) mass is 334 g/mol. The number of hydrogen-bond acceptors (Lipinski definition) is 5. The second-order valence-electron chi connectivity index (χ2n) is 6.58. The highest BCUT2D eigenvalue weighted by atomic mass is 32.2. The first-order valence-corrected chi connectivity index (χ1v) is 8.90. The lowest BCUT2D eigenvalue weighted by Gasteiger charge is -2.47. The molecule has 5 nitrogen and oxygen atoms in total. The summed E-state index contributed by atoms with van der Waals surface area (Å²) in [5.74, 6) is -0.661. The van der Waals surface area contributed by atoms with Gasteiger partial charge in [0.2, 0.25) is 0 Å². The van der Waals surface area contributed by atoms with Crippen LogP contribution in [-0.2, 0) is 24.2 Å². The van der Waals surface area contributed by atoms with Gasteiger partial charge in [0.05, 0.1) is 16.6 Å². The molecule has 1 aliphatic heterocycles. The maximum absolute atomic E-state index is 13.2. The zero-order valence-corrected chi connectivity index (χ0v) is 13.8. The van der Waals surface area contributed by atoms with Gasteiger partial charge in [-0.1, -0.05) is 18.2 Å². The molecule has 0 bridgehead atoms. The number of allylic oxidation sites excluding steroid dienone is 1. The van der Waals surface area contributed by atoms with Gasteiger partial charge in [-0.25, -0.2) is 8.42 Å². The molecule has 0 N–H and O–H groups in total. The first kappa shape index (κ1) is 16.1. The maximum atomic E-state index is 13.2. The van der Waals surface area contributed by atoms with Gasteiger partial charge in [-0.3, -0.25) is 9.59 Å². The molecule has 2 atom stereocenters. The smallest absolute Gasteiger partial charge is 0.197 e. The lowest BCUT2D eigenvalue weighted by atomic mass is 9.80. The number of hydrogen-bond donors (Lipinski definition) is 0. The average molecular weight is 334 g/mol. The molecule has 3 rings (SSSR count). The van der Waals surface area contributed by atoms with Gasteiger partial charge in [0.15, 0.2) is 26.2 Å². The van der Waals surface area contributed by atoms with E-state index in [0.717, 1.165) is 0 Å². The number of ketones is 2. The third kappa shape index (κ3) is 2.37. The van der Waals surface area contributed by atoms with Crippen molar-refractivity contribution in [2.45, 2.75) is 48.0 Å². The zero-order valence-electron chi connectivity index (χ0n) is 13.0. The van der Waals surface area contributed by atoms with Crippen LogP contribution in [0.5, 0.6) is 0 Å². The molecule has 1 saturated heterocycles. The van der Waals surface area contributed by atoms with Crippen molar-refractivity contribution in [2.75, 3.05) is 0 Å². The van der Waals surface area contributed by atoms with Gasteiger partial charge >= 0.3 is 0 Å². The zero-order chi connectivity index (χ0) is 16.9. The Hall–Kier alpha value is -1.79. The topological polar surface area (TPSA) is 77.5 Å². The highest BCUT2D eigenvalue weighted by molar-refractivity contribution is 7.94. The van der Waals surface area contributed by atoms with Crippen LogP contribution < -0.4 is 0 Å². The van der Waals surface area contributed by atoms with E-state index >= 15 is 0 Å². The van der Waals surface area contributed by atoms with Gasteiger partial charge in [-0.2, -0.15) is 0 Å². The molecule has 0 spiro atoms. The molecule has 0 aromatic heterocycles. The number of Topliss-reactive ketones (excluding diaryl/α,β-unsaturated/α-hetero) is 1. The van der Waals surface area contributed by atoms with Gasteiger partial charge in [0, 0.05) is 12.8 Å². The van der Waals surface area contributed by atoms with Crippen LogP contribution in [0.3, 0.4) is 0 Å². The van der Waals surface area contributed by atoms with Crippen LogP contribution in [0, 0.1) is 0 Å². The minimum atomic E-state index is -4.02. The van der Waals surface area contributed by atoms with Gasteiger partial charge in [-0.15, -0.1) is 0 Å². The summed E-state index contributed by atoms with van der Waals surface area (Å²) in [5.41, 5.74) is -0.789. The lowest BCUT2D eigenvalue weighted by molar-refractivity contribution is -0.156. The van der Waals surface area contributed by atoms with Crippen molar-refractivity contribution >= 4 is 21.4 Å². The molecule has 0 unspecified atom stereocenters. The molecule has 122 valence electrons. The van der Waals surface area contributed by atoms with Crippen LogP contribution >= 0.6 is 0 Å². The number of carbonyl (C=O) groups excluding carboxylic acids is 2. The van der Waals surface area contributed by atoms with Crippen LogP contribution in [0.1, 0.15) is 26.7 Å². The highest BCUT2D eigenvalue weighted by Gasteiger charge is 2.61. The number of sulfone groups is 1. The van der Waals surface area contributed by atoms with Crippen molar-refractivity contribution in [3.05, 3.63) is 42.5 Å². The number of carbonyl (C=O) groups is 2. The van der Waals surface area contributed by atoms with E-state index in [1.54, 1.807) is 32.0 Å². The summed E-state index contributed by atoms with van der Waals surface area (Å²) in [4.78, 5) is 24.7. The average Bonchev–Trinajstić information content (AvgIpc) is 2.46. The summed E-state index contributed by atoms with van der Waals surface area (Å²) >= 11 is 0. The van der Waals surface area contributed by atoms with E-state index in [1.807, 2.05) is 0 Å². The highest BCUT2D eigenvalue weighted by Crippen LogP contribution is 2.44. The summed E-state index contributed by atoms with van der Waals surface area (Å²) in [6.45, 7) is 3.46. The standard InChI is InChI=1S/C17H18O5S/c1-16(2)11-14(19)17(9-8-12(18)10-15(17)22-16)23(20,21)13-6-4-3-5-7-13/h3-9,15H,10-11H2,1-2H3/t15-,17+/m1/s1. The number of benzene rings is 1. The van der Waals surface area contributed by atoms with E-state index in [4.69, 9.17) is 4.74 Å². The molecule has 2 aliphatic rings. The van der Waals surface area contributed by atoms with Gasteiger partial charge < -0.3 is 4.74 Å². The summed E-state index contributed by atoms with van der Waals surface area (Å²) in [6, 6.07) is 7.83. The van der Waals surface area contributed by atoms with Crippen molar-refractivity contribution in [3.8, 4) is 0 Å². The molecule has 1 aliphatic carbocycles. The predicted molar refractivity (Wildman–Crippen MR) is 83.7 cm³/mol. The first-order valence-electron chi connectivity index (χ1n) is 7.42. The van der Waals surface area contributed by atoms with Gasteiger partial charge in [-0.05, 0) is 38.1 Å². The van der Waals surface area contributed by atoms with E-state index in [-0.39, 0.29) is 23.5 Å². The third-order valence-electron chi connectivity index (χ3n) is 4.36. The van der Waals surface area contributed by atoms with Crippen LogP contribution in [0.15, 0.2) is 47.4 Å². The summed E-state index contributed by atoms with van der Waals surface area (Å²) in [6.07, 6.45) is 1.28. The molecule has 1 aromatic carbocycles. The molecular formula is C17H18O5S. The van der Waals surface area contributed by atoms with Crippen molar-refractivity contribution < 1.29 is 22.7 Å². The molecule has 23 heavy (non-hydrogen) atoms. The van der Waals surface area contributed by atoms with Gasteiger partial charge in [0.1, 0.15) is 0 Å². The van der Waals surface area contributed by atoms with Crippen molar-refractivity contribution in [1.29, 1.82) is 0 Å². The molecule has 0 amide bonds. The Kier molecular flexibility index (Phi) is 3.57. The molecule has 1 aromatic rings. The van der Waals surface area contributed by atoms with E-state index in [9.17, 15) is 18.0 Å². The second-order valence-corrected chi connectivity index (χ2v) is 8.73. The normalized spacial score (nSPS) is 30.1.